The Morgan fingerprint density at radius 1 is 1.26 bits per heavy atom. The average molecular weight is 288 g/mol. The van der Waals surface area contributed by atoms with Gasteiger partial charge in [-0.05, 0) is 12.8 Å². The largest absolute Gasteiger partial charge is 0.385 e. The molecule has 0 atom stereocenters. The molecule has 0 saturated carbocycles. The first-order valence-electron chi connectivity index (χ1n) is 6.65. The lowest BCUT2D eigenvalue weighted by molar-refractivity contribution is 0.113. The van der Waals surface area contributed by atoms with E-state index in [2.05, 4.69) is 21.7 Å². The summed E-state index contributed by atoms with van der Waals surface area (Å²) in [5, 5.41) is 9.21. The second-order valence-corrected chi connectivity index (χ2v) is 5.12. The van der Waals surface area contributed by atoms with Gasteiger partial charge in [0.05, 0.1) is 13.2 Å². The summed E-state index contributed by atoms with van der Waals surface area (Å²) in [6, 6.07) is 0. The molecule has 0 aliphatic carbocycles. The third-order valence-corrected chi connectivity index (χ3v) is 3.45. The fourth-order valence-electron chi connectivity index (χ4n) is 1.62. The van der Waals surface area contributed by atoms with Crippen molar-refractivity contribution in [1.82, 2.24) is 14.8 Å². The van der Waals surface area contributed by atoms with Crippen molar-refractivity contribution in [1.29, 1.82) is 0 Å². The lowest BCUT2D eigenvalue weighted by Crippen LogP contribution is -2.09. The maximum atomic E-state index is 5.65. The van der Waals surface area contributed by atoms with Crippen molar-refractivity contribution in [2.45, 2.75) is 38.0 Å². The molecule has 1 aromatic rings. The summed E-state index contributed by atoms with van der Waals surface area (Å²) >= 11 is 1.66. The first-order valence-corrected chi connectivity index (χ1v) is 7.63. The van der Waals surface area contributed by atoms with E-state index in [1.54, 1.807) is 18.9 Å². The molecule has 7 heteroatoms. The van der Waals surface area contributed by atoms with E-state index >= 15 is 0 Å². The second-order valence-electron chi connectivity index (χ2n) is 4.06. The van der Waals surface area contributed by atoms with Gasteiger partial charge < -0.3 is 19.8 Å². The number of thioether (sulfide) groups is 1. The number of nitrogens with two attached hydrogens (primary N) is 1. The maximum Gasteiger partial charge on any atom is 0.191 e. The van der Waals surface area contributed by atoms with Crippen molar-refractivity contribution in [2.75, 3.05) is 32.7 Å². The van der Waals surface area contributed by atoms with Crippen LogP contribution in [-0.4, -0.2) is 47.4 Å². The van der Waals surface area contributed by atoms with E-state index in [1.165, 1.54) is 0 Å². The predicted octanol–water partition coefficient (Wildman–Crippen LogP) is 1.29. The molecule has 0 aliphatic rings. The van der Waals surface area contributed by atoms with Crippen molar-refractivity contribution in [3.63, 3.8) is 0 Å². The first kappa shape index (κ1) is 16.4. The summed E-state index contributed by atoms with van der Waals surface area (Å²) < 4.78 is 12.6. The van der Waals surface area contributed by atoms with Crippen LogP contribution in [0.25, 0.3) is 0 Å². The van der Waals surface area contributed by atoms with E-state index in [0.717, 1.165) is 49.3 Å². The van der Waals surface area contributed by atoms with Gasteiger partial charge in [0.25, 0.3) is 0 Å². The Morgan fingerprint density at radius 3 is 2.79 bits per heavy atom. The van der Waals surface area contributed by atoms with Crippen LogP contribution in [0, 0.1) is 0 Å². The highest BCUT2D eigenvalue weighted by atomic mass is 32.2. The zero-order valence-corrected chi connectivity index (χ0v) is 12.6. The van der Waals surface area contributed by atoms with Gasteiger partial charge in [0.2, 0.25) is 0 Å². The van der Waals surface area contributed by atoms with E-state index in [-0.39, 0.29) is 0 Å². The molecule has 19 heavy (non-hydrogen) atoms. The summed E-state index contributed by atoms with van der Waals surface area (Å²) in [7, 11) is 1.70. The van der Waals surface area contributed by atoms with Gasteiger partial charge in [-0.25, -0.2) is 0 Å². The standard InChI is InChI=1S/C12H24N4O2S/c1-3-5-16-11(10-13)14-15-12(16)19-9-8-18-7-4-6-17-2/h3-10,13H2,1-2H3. The Morgan fingerprint density at radius 2 is 2.11 bits per heavy atom. The van der Waals surface area contributed by atoms with Crippen LogP contribution in [0.5, 0.6) is 0 Å². The molecule has 6 nitrogen and oxygen atoms in total. The van der Waals surface area contributed by atoms with Crippen LogP contribution in [0.2, 0.25) is 0 Å². The molecule has 110 valence electrons. The highest BCUT2D eigenvalue weighted by Gasteiger charge is 2.10. The molecule has 0 fully saturated rings. The van der Waals surface area contributed by atoms with Crippen LogP contribution in [0.1, 0.15) is 25.6 Å². The summed E-state index contributed by atoms with van der Waals surface area (Å²) in [4.78, 5) is 0. The molecule has 0 bridgehead atoms. The molecule has 0 spiro atoms. The third-order valence-electron chi connectivity index (χ3n) is 2.52. The van der Waals surface area contributed by atoms with E-state index in [1.807, 2.05) is 0 Å². The van der Waals surface area contributed by atoms with Gasteiger partial charge in [0.1, 0.15) is 5.82 Å². The lowest BCUT2D eigenvalue weighted by Gasteiger charge is -2.07. The number of rotatable bonds is 11. The SMILES string of the molecule is CCCn1c(CN)nnc1SCCOCCCOC. The van der Waals surface area contributed by atoms with Crippen LogP contribution in [0.15, 0.2) is 5.16 Å². The van der Waals surface area contributed by atoms with Gasteiger partial charge in [-0.1, -0.05) is 18.7 Å². The molecule has 1 heterocycles. The van der Waals surface area contributed by atoms with Crippen molar-refractivity contribution >= 4 is 11.8 Å². The minimum atomic E-state index is 0.432. The van der Waals surface area contributed by atoms with Crippen LogP contribution < -0.4 is 5.73 Å². The summed E-state index contributed by atoms with van der Waals surface area (Å²) in [5.74, 6) is 1.73. The molecular formula is C12H24N4O2S. The molecule has 0 amide bonds. The monoisotopic (exact) mass is 288 g/mol. The maximum absolute atomic E-state index is 5.65. The minimum Gasteiger partial charge on any atom is -0.385 e. The van der Waals surface area contributed by atoms with Crippen LogP contribution in [0.4, 0.5) is 0 Å². The third kappa shape index (κ3) is 5.90. The normalized spacial score (nSPS) is 11.1. The molecule has 1 rings (SSSR count). The molecule has 0 saturated heterocycles. The number of nitrogens with zero attached hydrogens (tertiary/aromatic N) is 3. The smallest absolute Gasteiger partial charge is 0.191 e. The van der Waals surface area contributed by atoms with Gasteiger partial charge in [-0.15, -0.1) is 10.2 Å². The number of ether oxygens (including phenoxy) is 2. The Bertz CT molecular complexity index is 346. The fraction of sp³-hybridized carbons (Fsp3) is 0.833. The Labute approximate surface area is 119 Å². The van der Waals surface area contributed by atoms with Gasteiger partial charge in [0.15, 0.2) is 5.16 Å². The lowest BCUT2D eigenvalue weighted by atomic mass is 10.4. The topological polar surface area (TPSA) is 75.2 Å². The summed E-state index contributed by atoms with van der Waals surface area (Å²) in [5.41, 5.74) is 5.65. The zero-order valence-electron chi connectivity index (χ0n) is 11.8. The summed E-state index contributed by atoms with van der Waals surface area (Å²) in [6.45, 7) is 5.68. The van der Waals surface area contributed by atoms with E-state index in [4.69, 9.17) is 15.2 Å². The van der Waals surface area contributed by atoms with E-state index < -0.39 is 0 Å². The Kier molecular flexibility index (Phi) is 8.81. The number of hydrogen-bond donors (Lipinski definition) is 1. The second kappa shape index (κ2) is 10.2. The predicted molar refractivity (Wildman–Crippen MR) is 76.2 cm³/mol. The van der Waals surface area contributed by atoms with Crippen molar-refractivity contribution in [3.8, 4) is 0 Å². The van der Waals surface area contributed by atoms with Crippen molar-refractivity contribution < 1.29 is 9.47 Å². The van der Waals surface area contributed by atoms with Gasteiger partial charge in [-0.3, -0.25) is 0 Å². The zero-order chi connectivity index (χ0) is 13.9. The van der Waals surface area contributed by atoms with Crippen LogP contribution in [0.3, 0.4) is 0 Å². The van der Waals surface area contributed by atoms with Gasteiger partial charge >= 0.3 is 0 Å². The van der Waals surface area contributed by atoms with Crippen LogP contribution >= 0.6 is 11.8 Å². The van der Waals surface area contributed by atoms with Crippen molar-refractivity contribution in [3.05, 3.63) is 5.82 Å². The quantitative estimate of drug-likeness (QED) is 0.488. The highest BCUT2D eigenvalue weighted by Crippen LogP contribution is 2.17. The first-order chi connectivity index (χ1) is 9.33. The number of methoxy groups -OCH3 is 1. The van der Waals surface area contributed by atoms with Crippen molar-refractivity contribution in [2.24, 2.45) is 5.73 Å². The molecule has 1 aromatic heterocycles. The molecular weight excluding hydrogens is 264 g/mol. The highest BCUT2D eigenvalue weighted by molar-refractivity contribution is 7.99. The molecule has 0 aliphatic heterocycles. The molecule has 0 unspecified atom stereocenters. The summed E-state index contributed by atoms with van der Waals surface area (Å²) in [6.07, 6.45) is 1.98. The molecule has 0 radical (unpaired) electrons. The van der Waals surface area contributed by atoms with E-state index in [9.17, 15) is 0 Å². The fourth-order valence-corrected chi connectivity index (χ4v) is 2.46. The van der Waals surface area contributed by atoms with E-state index in [0.29, 0.717) is 13.2 Å². The minimum absolute atomic E-state index is 0.432. The van der Waals surface area contributed by atoms with Gasteiger partial charge in [-0.2, -0.15) is 0 Å². The van der Waals surface area contributed by atoms with Gasteiger partial charge in [0, 0.05) is 32.6 Å². The molecule has 0 aromatic carbocycles. The number of aromatic nitrogens is 3. The number of hydrogen-bond acceptors (Lipinski definition) is 6. The Hall–Kier alpha value is -0.630. The molecule has 2 N–H and O–H groups in total. The van der Waals surface area contributed by atoms with Crippen LogP contribution in [-0.2, 0) is 22.6 Å². The Balaban J connectivity index is 2.26. The average Bonchev–Trinajstić information content (AvgIpc) is 2.81.